The highest BCUT2D eigenvalue weighted by atomic mass is 17.2. The molecule has 0 aliphatic carbocycles. The van der Waals surface area contributed by atoms with E-state index in [2.05, 4.69) is 14.7 Å². The molecule has 11 heavy (non-hydrogen) atoms. The Morgan fingerprint density at radius 2 is 2.09 bits per heavy atom. The molecular formula is C5H12O6. The predicted molar refractivity (Wildman–Crippen MR) is 33.3 cm³/mol. The van der Waals surface area contributed by atoms with Crippen LogP contribution < -0.4 is 0 Å². The lowest BCUT2D eigenvalue weighted by Crippen LogP contribution is -2.23. The number of aliphatic hydroxyl groups excluding tert-OH is 2. The summed E-state index contributed by atoms with van der Waals surface area (Å²) in [7, 11) is 0. The molecule has 0 aromatic carbocycles. The lowest BCUT2D eigenvalue weighted by atomic mass is 10.4. The number of hydrogen-bond donors (Lipinski definition) is 3. The van der Waals surface area contributed by atoms with Gasteiger partial charge in [-0.2, -0.15) is 0 Å². The molecule has 0 saturated carbocycles. The smallest absolute Gasteiger partial charge is 0.185 e. The second kappa shape index (κ2) is 6.47. The Hall–Kier alpha value is -0.240. The van der Waals surface area contributed by atoms with Crippen LogP contribution in [0.1, 0.15) is 6.92 Å². The molecule has 0 aliphatic heterocycles. The normalized spacial score (nSPS) is 16.4. The molecule has 0 aromatic rings. The molecule has 68 valence electrons. The van der Waals surface area contributed by atoms with Crippen molar-refractivity contribution in [3.05, 3.63) is 0 Å². The van der Waals surface area contributed by atoms with Crippen LogP contribution in [0.25, 0.3) is 0 Å². The van der Waals surface area contributed by atoms with Crippen molar-refractivity contribution in [3.63, 3.8) is 0 Å². The second-order valence-electron chi connectivity index (χ2n) is 1.89. The molecule has 6 nitrogen and oxygen atoms in total. The van der Waals surface area contributed by atoms with Gasteiger partial charge in [0, 0.05) is 0 Å². The van der Waals surface area contributed by atoms with Crippen LogP contribution in [-0.2, 0) is 14.7 Å². The van der Waals surface area contributed by atoms with Crippen LogP contribution >= 0.6 is 0 Å². The standard InChI is InChI=1S/C5H12O6/c1-4(7)11-9-3-5(2-6)10-8/h4-8H,2-3H2,1H3. The highest BCUT2D eigenvalue weighted by molar-refractivity contribution is 4.47. The molecule has 0 aromatic heterocycles. The van der Waals surface area contributed by atoms with E-state index in [0.29, 0.717) is 0 Å². The van der Waals surface area contributed by atoms with Crippen LogP contribution in [0.15, 0.2) is 0 Å². The minimum absolute atomic E-state index is 0.155. The van der Waals surface area contributed by atoms with Crippen molar-refractivity contribution in [1.29, 1.82) is 0 Å². The molecule has 0 aliphatic rings. The van der Waals surface area contributed by atoms with Gasteiger partial charge >= 0.3 is 0 Å². The molecule has 0 rings (SSSR count). The van der Waals surface area contributed by atoms with Crippen LogP contribution in [0.3, 0.4) is 0 Å². The second-order valence-corrected chi connectivity index (χ2v) is 1.89. The summed E-state index contributed by atoms with van der Waals surface area (Å²) in [5.41, 5.74) is 0. The summed E-state index contributed by atoms with van der Waals surface area (Å²) >= 11 is 0. The van der Waals surface area contributed by atoms with Gasteiger partial charge in [-0.3, -0.25) is 5.26 Å². The van der Waals surface area contributed by atoms with E-state index in [1.54, 1.807) is 0 Å². The number of hydrogen-bond acceptors (Lipinski definition) is 6. The molecule has 0 bridgehead atoms. The summed E-state index contributed by atoms with van der Waals surface area (Å²) in [5, 5.41) is 24.9. The van der Waals surface area contributed by atoms with Crippen molar-refractivity contribution in [2.24, 2.45) is 0 Å². The number of aliphatic hydroxyl groups is 2. The summed E-state index contributed by atoms with van der Waals surface area (Å²) < 4.78 is 0. The van der Waals surface area contributed by atoms with Crippen LogP contribution in [0.2, 0.25) is 0 Å². The summed E-state index contributed by atoms with van der Waals surface area (Å²) in [6.45, 7) is 0.811. The van der Waals surface area contributed by atoms with E-state index in [1.165, 1.54) is 6.92 Å². The minimum atomic E-state index is -1.05. The zero-order valence-electron chi connectivity index (χ0n) is 6.14. The third kappa shape index (κ3) is 6.17. The highest BCUT2D eigenvalue weighted by Gasteiger charge is 2.08. The Bertz CT molecular complexity index is 81.0. The maximum Gasteiger partial charge on any atom is 0.185 e. The molecule has 2 unspecified atom stereocenters. The summed E-state index contributed by atoms with van der Waals surface area (Å²) in [5.74, 6) is 0. The van der Waals surface area contributed by atoms with Crippen LogP contribution in [-0.4, -0.2) is 41.1 Å². The topological polar surface area (TPSA) is 88.4 Å². The molecule has 6 heteroatoms. The average molecular weight is 168 g/mol. The zero-order valence-corrected chi connectivity index (χ0v) is 6.14. The van der Waals surface area contributed by atoms with Gasteiger partial charge in [-0.05, 0) is 6.92 Å². The first kappa shape index (κ1) is 10.8. The van der Waals surface area contributed by atoms with E-state index < -0.39 is 12.4 Å². The van der Waals surface area contributed by atoms with Gasteiger partial charge in [-0.1, -0.05) is 0 Å². The molecule has 0 amide bonds. The fraction of sp³-hybridized carbons (Fsp3) is 1.00. The Balaban J connectivity index is 3.21. The van der Waals surface area contributed by atoms with Gasteiger partial charge < -0.3 is 10.2 Å². The Morgan fingerprint density at radius 3 is 2.45 bits per heavy atom. The van der Waals surface area contributed by atoms with Crippen molar-refractivity contribution < 1.29 is 30.1 Å². The minimum Gasteiger partial charge on any atom is -0.393 e. The van der Waals surface area contributed by atoms with Crippen LogP contribution in [0.4, 0.5) is 0 Å². The third-order valence-electron chi connectivity index (χ3n) is 0.814. The fourth-order valence-corrected chi connectivity index (χ4v) is 0.330. The molecule has 3 N–H and O–H groups in total. The third-order valence-corrected chi connectivity index (χ3v) is 0.814. The summed E-state index contributed by atoms with van der Waals surface area (Å²) in [6.07, 6.45) is -1.90. The van der Waals surface area contributed by atoms with Crippen LogP contribution in [0.5, 0.6) is 0 Å². The molecule has 0 saturated heterocycles. The van der Waals surface area contributed by atoms with Crippen molar-refractivity contribution in [2.75, 3.05) is 13.2 Å². The maximum atomic E-state index is 8.50. The Kier molecular flexibility index (Phi) is 6.33. The van der Waals surface area contributed by atoms with Gasteiger partial charge in [-0.25, -0.2) is 14.7 Å². The number of rotatable bonds is 6. The first-order valence-corrected chi connectivity index (χ1v) is 3.08. The van der Waals surface area contributed by atoms with Gasteiger partial charge in [0.1, 0.15) is 12.7 Å². The Morgan fingerprint density at radius 1 is 1.45 bits per heavy atom. The van der Waals surface area contributed by atoms with Gasteiger partial charge in [0.15, 0.2) is 6.29 Å². The van der Waals surface area contributed by atoms with E-state index in [4.69, 9.17) is 15.5 Å². The van der Waals surface area contributed by atoms with Crippen molar-refractivity contribution >= 4 is 0 Å². The van der Waals surface area contributed by atoms with Crippen molar-refractivity contribution in [2.45, 2.75) is 19.3 Å². The highest BCUT2D eigenvalue weighted by Crippen LogP contribution is 1.92. The van der Waals surface area contributed by atoms with Gasteiger partial charge in [0.05, 0.1) is 6.61 Å². The van der Waals surface area contributed by atoms with E-state index in [1.807, 2.05) is 0 Å². The van der Waals surface area contributed by atoms with Crippen molar-refractivity contribution in [1.82, 2.24) is 0 Å². The lowest BCUT2D eigenvalue weighted by molar-refractivity contribution is -0.390. The largest absolute Gasteiger partial charge is 0.393 e. The van der Waals surface area contributed by atoms with E-state index >= 15 is 0 Å². The average Bonchev–Trinajstić information content (AvgIpc) is 1.98. The van der Waals surface area contributed by atoms with E-state index in [0.717, 1.165) is 0 Å². The monoisotopic (exact) mass is 168 g/mol. The fourth-order valence-electron chi connectivity index (χ4n) is 0.330. The van der Waals surface area contributed by atoms with Gasteiger partial charge in [0.2, 0.25) is 0 Å². The quantitative estimate of drug-likeness (QED) is 0.271. The van der Waals surface area contributed by atoms with Crippen molar-refractivity contribution in [3.8, 4) is 0 Å². The first-order valence-electron chi connectivity index (χ1n) is 3.08. The zero-order chi connectivity index (χ0) is 8.69. The SMILES string of the molecule is CC(O)OOCC(CO)OO. The van der Waals surface area contributed by atoms with Gasteiger partial charge in [0.25, 0.3) is 0 Å². The molecule has 0 heterocycles. The summed E-state index contributed by atoms with van der Waals surface area (Å²) in [4.78, 5) is 12.3. The van der Waals surface area contributed by atoms with Gasteiger partial charge in [-0.15, -0.1) is 0 Å². The Labute approximate surface area is 63.8 Å². The lowest BCUT2D eigenvalue weighted by Gasteiger charge is -2.10. The molecular weight excluding hydrogens is 156 g/mol. The maximum absolute atomic E-state index is 8.50. The van der Waals surface area contributed by atoms with Crippen LogP contribution in [0, 0.1) is 0 Å². The van der Waals surface area contributed by atoms with E-state index in [-0.39, 0.29) is 13.2 Å². The molecule has 0 fully saturated rings. The molecule has 0 radical (unpaired) electrons. The summed E-state index contributed by atoms with van der Waals surface area (Å²) in [6, 6.07) is 0. The van der Waals surface area contributed by atoms with E-state index in [9.17, 15) is 0 Å². The molecule has 0 spiro atoms. The molecule has 2 atom stereocenters. The predicted octanol–water partition coefficient (Wildman–Crippen LogP) is -0.877. The first-order chi connectivity index (χ1) is 5.20.